The Morgan fingerprint density at radius 1 is 1.32 bits per heavy atom. The van der Waals surface area contributed by atoms with E-state index in [-0.39, 0.29) is 5.91 Å². The minimum Gasteiger partial charge on any atom is -0.351 e. The molecule has 0 unspecified atom stereocenters. The van der Waals surface area contributed by atoms with Crippen molar-refractivity contribution in [3.63, 3.8) is 0 Å². The standard InChI is InChI=1S/C13H19BrN4O3S/c1-22(20,21)18-6-4-17(5-7-18)3-2-16-13(19)11-8-12(14)10-15-9-11/h8-10H,2-7H2,1H3,(H,16,19). The summed E-state index contributed by atoms with van der Waals surface area (Å²) in [5, 5.41) is 2.84. The van der Waals surface area contributed by atoms with Crippen molar-refractivity contribution >= 4 is 31.9 Å². The third kappa shape index (κ3) is 5.01. The molecule has 0 aromatic carbocycles. The zero-order valence-electron chi connectivity index (χ0n) is 12.3. The Labute approximate surface area is 138 Å². The fourth-order valence-electron chi connectivity index (χ4n) is 2.25. The van der Waals surface area contributed by atoms with Crippen molar-refractivity contribution in [2.45, 2.75) is 0 Å². The Kier molecular flexibility index (Phi) is 5.90. The molecule has 2 rings (SSSR count). The second-order valence-electron chi connectivity index (χ2n) is 5.15. The second-order valence-corrected chi connectivity index (χ2v) is 8.05. The molecule has 1 amide bonds. The molecule has 0 radical (unpaired) electrons. The number of halogens is 1. The maximum atomic E-state index is 11.9. The van der Waals surface area contributed by atoms with Gasteiger partial charge >= 0.3 is 0 Å². The lowest BCUT2D eigenvalue weighted by molar-refractivity contribution is 0.0944. The fourth-order valence-corrected chi connectivity index (χ4v) is 3.44. The summed E-state index contributed by atoms with van der Waals surface area (Å²) in [6, 6.07) is 1.72. The molecule has 0 bridgehead atoms. The number of aromatic nitrogens is 1. The van der Waals surface area contributed by atoms with Gasteiger partial charge < -0.3 is 5.32 Å². The molecule has 0 atom stereocenters. The van der Waals surface area contributed by atoms with Gasteiger partial charge in [0.25, 0.3) is 5.91 Å². The number of pyridine rings is 1. The van der Waals surface area contributed by atoms with Gasteiger partial charge in [0.1, 0.15) is 0 Å². The van der Waals surface area contributed by atoms with Crippen LogP contribution in [0.2, 0.25) is 0 Å². The van der Waals surface area contributed by atoms with Crippen molar-refractivity contribution in [1.29, 1.82) is 0 Å². The summed E-state index contributed by atoms with van der Waals surface area (Å²) in [6.45, 7) is 3.59. The molecule has 122 valence electrons. The summed E-state index contributed by atoms with van der Waals surface area (Å²) in [5.41, 5.74) is 0.510. The number of hydrogen-bond donors (Lipinski definition) is 1. The molecule has 1 fully saturated rings. The highest BCUT2D eigenvalue weighted by Gasteiger charge is 2.22. The lowest BCUT2D eigenvalue weighted by Gasteiger charge is -2.33. The summed E-state index contributed by atoms with van der Waals surface area (Å²) < 4.78 is 25.1. The molecule has 2 heterocycles. The third-order valence-corrected chi connectivity index (χ3v) is 5.22. The molecule has 9 heteroatoms. The summed E-state index contributed by atoms with van der Waals surface area (Å²) in [6.07, 6.45) is 4.37. The molecule has 0 spiro atoms. The van der Waals surface area contributed by atoms with Crippen LogP contribution in [0.3, 0.4) is 0 Å². The van der Waals surface area contributed by atoms with Crippen molar-refractivity contribution in [3.05, 3.63) is 28.5 Å². The number of nitrogens with zero attached hydrogens (tertiary/aromatic N) is 3. The minimum atomic E-state index is -3.10. The van der Waals surface area contributed by atoms with E-state index in [1.54, 1.807) is 12.3 Å². The van der Waals surface area contributed by atoms with Crippen LogP contribution in [0.5, 0.6) is 0 Å². The molecule has 1 aliphatic rings. The monoisotopic (exact) mass is 390 g/mol. The van der Waals surface area contributed by atoms with Crippen LogP contribution in [0.25, 0.3) is 0 Å². The van der Waals surface area contributed by atoms with Gasteiger partial charge in [-0.3, -0.25) is 14.7 Å². The first-order chi connectivity index (χ1) is 10.4. The maximum absolute atomic E-state index is 11.9. The molecule has 1 aromatic rings. The van der Waals surface area contributed by atoms with Crippen LogP contribution < -0.4 is 5.32 Å². The van der Waals surface area contributed by atoms with Crippen molar-refractivity contribution in [2.24, 2.45) is 0 Å². The molecule has 0 aliphatic carbocycles. The summed E-state index contributed by atoms with van der Waals surface area (Å²) >= 11 is 3.28. The Bertz CT molecular complexity index is 630. The number of carbonyl (C=O) groups excluding carboxylic acids is 1. The lowest BCUT2D eigenvalue weighted by Crippen LogP contribution is -2.49. The predicted molar refractivity (Wildman–Crippen MR) is 87.1 cm³/mol. The number of rotatable bonds is 5. The van der Waals surface area contributed by atoms with Crippen LogP contribution in [-0.4, -0.2) is 74.0 Å². The van der Waals surface area contributed by atoms with Crippen molar-refractivity contribution in [1.82, 2.24) is 19.5 Å². The van der Waals surface area contributed by atoms with Gasteiger partial charge in [-0.15, -0.1) is 0 Å². The average molecular weight is 391 g/mol. The van der Waals surface area contributed by atoms with E-state index in [1.165, 1.54) is 16.8 Å². The average Bonchev–Trinajstić information content (AvgIpc) is 2.47. The van der Waals surface area contributed by atoms with Crippen LogP contribution in [0.15, 0.2) is 22.9 Å². The molecule has 1 aliphatic heterocycles. The number of hydrogen-bond acceptors (Lipinski definition) is 5. The Hall–Kier alpha value is -1.03. The van der Waals surface area contributed by atoms with Gasteiger partial charge in [0.05, 0.1) is 11.8 Å². The van der Waals surface area contributed by atoms with Crippen LogP contribution in [0.1, 0.15) is 10.4 Å². The molecule has 1 saturated heterocycles. The summed E-state index contributed by atoms with van der Waals surface area (Å²) in [5.74, 6) is -0.163. The molecule has 1 aromatic heterocycles. The SMILES string of the molecule is CS(=O)(=O)N1CCN(CCNC(=O)c2cncc(Br)c2)CC1. The molecule has 22 heavy (non-hydrogen) atoms. The highest BCUT2D eigenvalue weighted by atomic mass is 79.9. The Morgan fingerprint density at radius 3 is 2.59 bits per heavy atom. The number of piperazine rings is 1. The van der Waals surface area contributed by atoms with Crippen molar-refractivity contribution in [3.8, 4) is 0 Å². The summed E-state index contributed by atoms with van der Waals surface area (Å²) in [7, 11) is -3.10. The number of sulfonamides is 1. The van der Waals surface area contributed by atoms with E-state index in [2.05, 4.69) is 31.1 Å². The first-order valence-electron chi connectivity index (χ1n) is 6.92. The van der Waals surface area contributed by atoms with Crippen LogP contribution in [-0.2, 0) is 10.0 Å². The molecule has 0 saturated carbocycles. The predicted octanol–water partition coefficient (Wildman–Crippen LogP) is 0.151. The van der Waals surface area contributed by atoms with E-state index in [0.717, 1.165) is 4.47 Å². The molecule has 1 N–H and O–H groups in total. The first kappa shape index (κ1) is 17.3. The van der Waals surface area contributed by atoms with E-state index < -0.39 is 10.0 Å². The van der Waals surface area contributed by atoms with E-state index in [0.29, 0.717) is 44.8 Å². The maximum Gasteiger partial charge on any atom is 0.252 e. The van der Waals surface area contributed by atoms with Gasteiger partial charge in [-0.2, -0.15) is 4.31 Å². The molecular formula is C13H19BrN4O3S. The first-order valence-corrected chi connectivity index (χ1v) is 9.56. The van der Waals surface area contributed by atoms with Crippen LogP contribution >= 0.6 is 15.9 Å². The number of carbonyl (C=O) groups is 1. The minimum absolute atomic E-state index is 0.163. The van der Waals surface area contributed by atoms with Gasteiger partial charge in [-0.05, 0) is 22.0 Å². The normalized spacial score (nSPS) is 17.4. The van der Waals surface area contributed by atoms with E-state index in [1.807, 2.05) is 0 Å². The zero-order chi connectivity index (χ0) is 16.2. The van der Waals surface area contributed by atoms with Gasteiger partial charge in [-0.1, -0.05) is 0 Å². The quantitative estimate of drug-likeness (QED) is 0.773. The molecular weight excluding hydrogens is 372 g/mol. The van der Waals surface area contributed by atoms with Crippen molar-refractivity contribution < 1.29 is 13.2 Å². The molecule has 7 nitrogen and oxygen atoms in total. The highest BCUT2D eigenvalue weighted by molar-refractivity contribution is 9.10. The summed E-state index contributed by atoms with van der Waals surface area (Å²) in [4.78, 5) is 18.0. The smallest absolute Gasteiger partial charge is 0.252 e. The van der Waals surface area contributed by atoms with Crippen LogP contribution in [0.4, 0.5) is 0 Å². The lowest BCUT2D eigenvalue weighted by atomic mass is 10.2. The largest absolute Gasteiger partial charge is 0.351 e. The van der Waals surface area contributed by atoms with Gasteiger partial charge in [-0.25, -0.2) is 8.42 Å². The van der Waals surface area contributed by atoms with E-state index in [4.69, 9.17) is 0 Å². The Morgan fingerprint density at radius 2 is 2.00 bits per heavy atom. The second kappa shape index (κ2) is 7.49. The number of nitrogens with one attached hydrogen (secondary N) is 1. The van der Waals surface area contributed by atoms with Gasteiger partial charge in [0.15, 0.2) is 0 Å². The van der Waals surface area contributed by atoms with Gasteiger partial charge in [0, 0.05) is 56.1 Å². The third-order valence-electron chi connectivity index (χ3n) is 3.48. The topological polar surface area (TPSA) is 82.6 Å². The number of amides is 1. The van der Waals surface area contributed by atoms with Crippen LogP contribution in [0, 0.1) is 0 Å². The fraction of sp³-hybridized carbons (Fsp3) is 0.538. The van der Waals surface area contributed by atoms with E-state index >= 15 is 0 Å². The highest BCUT2D eigenvalue weighted by Crippen LogP contribution is 2.09. The van der Waals surface area contributed by atoms with Crippen molar-refractivity contribution in [2.75, 3.05) is 45.5 Å². The van der Waals surface area contributed by atoms with E-state index in [9.17, 15) is 13.2 Å². The Balaban J connectivity index is 1.73. The zero-order valence-corrected chi connectivity index (χ0v) is 14.7. The van der Waals surface area contributed by atoms with Gasteiger partial charge in [0.2, 0.25) is 10.0 Å².